The summed E-state index contributed by atoms with van der Waals surface area (Å²) < 4.78 is 0. The molecule has 3 amide bonds. The molecule has 0 radical (unpaired) electrons. The summed E-state index contributed by atoms with van der Waals surface area (Å²) in [7, 11) is 0. The Labute approximate surface area is 160 Å². The summed E-state index contributed by atoms with van der Waals surface area (Å²) in [6.07, 6.45) is 0.110. The smallest absolute Gasteiger partial charge is 0.254 e. The van der Waals surface area contributed by atoms with Gasteiger partial charge in [0.2, 0.25) is 11.8 Å². The normalized spacial score (nSPS) is 11.5. The predicted octanol–water partition coefficient (Wildman–Crippen LogP) is 2.78. The molecule has 0 bridgehead atoms. The number of carbonyl (C=O) groups is 3. The van der Waals surface area contributed by atoms with Crippen LogP contribution in [0.2, 0.25) is 10.0 Å². The maximum Gasteiger partial charge on any atom is 0.254 e. The fourth-order valence-corrected chi connectivity index (χ4v) is 2.83. The molecule has 0 aliphatic heterocycles. The van der Waals surface area contributed by atoms with Crippen LogP contribution in [0.1, 0.15) is 22.8 Å². The average Bonchev–Trinajstić information content (AvgIpc) is 2.56. The maximum atomic E-state index is 12.6. The lowest BCUT2D eigenvalue weighted by molar-refractivity contribution is -0.119. The highest BCUT2D eigenvalue weighted by Gasteiger charge is 2.22. The second kappa shape index (κ2) is 8.69. The van der Waals surface area contributed by atoms with Gasteiger partial charge in [-0.3, -0.25) is 14.4 Å². The average molecular weight is 394 g/mol. The van der Waals surface area contributed by atoms with Crippen molar-refractivity contribution in [2.75, 3.05) is 5.32 Å². The van der Waals surface area contributed by atoms with Gasteiger partial charge >= 0.3 is 0 Å². The molecule has 4 N–H and O–H groups in total. The van der Waals surface area contributed by atoms with Crippen LogP contribution in [-0.2, 0) is 16.0 Å². The molecule has 0 heterocycles. The summed E-state index contributed by atoms with van der Waals surface area (Å²) >= 11 is 12.0. The van der Waals surface area contributed by atoms with Crippen LogP contribution in [0.25, 0.3) is 0 Å². The molecule has 0 saturated carbocycles. The lowest BCUT2D eigenvalue weighted by Crippen LogP contribution is -2.46. The Balaban J connectivity index is 2.21. The minimum absolute atomic E-state index is 0.110. The number of hydrogen-bond donors (Lipinski definition) is 3. The molecule has 2 aromatic carbocycles. The predicted molar refractivity (Wildman–Crippen MR) is 101 cm³/mol. The largest absolute Gasteiger partial charge is 0.368 e. The molecule has 26 heavy (non-hydrogen) atoms. The number of nitrogens with two attached hydrogens (primary N) is 1. The van der Waals surface area contributed by atoms with E-state index in [-0.39, 0.29) is 17.9 Å². The van der Waals surface area contributed by atoms with Crippen LogP contribution in [0.3, 0.4) is 0 Å². The van der Waals surface area contributed by atoms with Gasteiger partial charge in [-0.2, -0.15) is 0 Å². The molecule has 0 spiro atoms. The van der Waals surface area contributed by atoms with E-state index in [1.54, 1.807) is 36.4 Å². The Hall–Kier alpha value is -2.57. The number of rotatable bonds is 6. The third-order valence-corrected chi connectivity index (χ3v) is 4.16. The molecule has 6 nitrogen and oxygen atoms in total. The second-order valence-corrected chi connectivity index (χ2v) is 6.44. The first-order valence-corrected chi connectivity index (χ1v) is 8.44. The van der Waals surface area contributed by atoms with Crippen molar-refractivity contribution < 1.29 is 14.4 Å². The van der Waals surface area contributed by atoms with Gasteiger partial charge in [0, 0.05) is 23.4 Å². The zero-order valence-electron chi connectivity index (χ0n) is 13.9. The monoisotopic (exact) mass is 393 g/mol. The molecule has 0 aliphatic carbocycles. The fourth-order valence-electron chi connectivity index (χ4n) is 2.35. The van der Waals surface area contributed by atoms with Crippen molar-refractivity contribution in [1.82, 2.24) is 5.32 Å². The zero-order valence-corrected chi connectivity index (χ0v) is 15.4. The van der Waals surface area contributed by atoms with Crippen LogP contribution in [0, 0.1) is 0 Å². The first-order chi connectivity index (χ1) is 12.3. The van der Waals surface area contributed by atoms with Crippen molar-refractivity contribution in [2.24, 2.45) is 5.73 Å². The maximum absolute atomic E-state index is 12.6. The van der Waals surface area contributed by atoms with Crippen LogP contribution in [0.5, 0.6) is 0 Å². The molecular formula is C18H17Cl2N3O3. The topological polar surface area (TPSA) is 101 Å². The number of carbonyl (C=O) groups excluding carboxylic acids is 3. The van der Waals surface area contributed by atoms with E-state index in [1.165, 1.54) is 13.0 Å². The number of halogens is 2. The van der Waals surface area contributed by atoms with Crippen LogP contribution in [0.15, 0.2) is 42.5 Å². The molecule has 0 unspecified atom stereocenters. The number of amides is 3. The summed E-state index contributed by atoms with van der Waals surface area (Å²) in [5, 5.41) is 5.98. The van der Waals surface area contributed by atoms with Gasteiger partial charge in [-0.05, 0) is 29.8 Å². The van der Waals surface area contributed by atoms with E-state index in [1.807, 2.05) is 0 Å². The quantitative estimate of drug-likeness (QED) is 0.702. The van der Waals surface area contributed by atoms with Gasteiger partial charge in [0.1, 0.15) is 6.04 Å². The van der Waals surface area contributed by atoms with Gasteiger partial charge < -0.3 is 16.4 Å². The molecule has 1 atom stereocenters. The van der Waals surface area contributed by atoms with Gasteiger partial charge in [-0.15, -0.1) is 0 Å². The molecule has 2 rings (SSSR count). The van der Waals surface area contributed by atoms with Gasteiger partial charge in [0.05, 0.1) is 11.3 Å². The summed E-state index contributed by atoms with van der Waals surface area (Å²) in [6, 6.07) is 10.3. The molecule has 8 heteroatoms. The van der Waals surface area contributed by atoms with E-state index in [9.17, 15) is 14.4 Å². The SMILES string of the molecule is CC(=O)Nc1ccccc1C(=O)N[C@@H](Cc1ccc(Cl)cc1Cl)C(N)=O. The highest BCUT2D eigenvalue weighted by atomic mass is 35.5. The molecule has 136 valence electrons. The van der Waals surface area contributed by atoms with Crippen molar-refractivity contribution in [1.29, 1.82) is 0 Å². The molecule has 2 aromatic rings. The first-order valence-electron chi connectivity index (χ1n) is 7.68. The van der Waals surface area contributed by atoms with E-state index in [2.05, 4.69) is 10.6 Å². The van der Waals surface area contributed by atoms with Crippen molar-refractivity contribution in [3.63, 3.8) is 0 Å². The van der Waals surface area contributed by atoms with E-state index in [4.69, 9.17) is 28.9 Å². The number of para-hydroxylation sites is 1. The third kappa shape index (κ3) is 5.21. The highest BCUT2D eigenvalue weighted by Crippen LogP contribution is 2.22. The van der Waals surface area contributed by atoms with E-state index < -0.39 is 17.9 Å². The van der Waals surface area contributed by atoms with Crippen LogP contribution in [0.4, 0.5) is 5.69 Å². The van der Waals surface area contributed by atoms with Crippen molar-refractivity contribution in [3.8, 4) is 0 Å². The Morgan fingerprint density at radius 1 is 1.12 bits per heavy atom. The minimum atomic E-state index is -0.980. The van der Waals surface area contributed by atoms with Crippen LogP contribution in [-0.4, -0.2) is 23.8 Å². The minimum Gasteiger partial charge on any atom is -0.368 e. The van der Waals surface area contributed by atoms with Crippen molar-refractivity contribution in [2.45, 2.75) is 19.4 Å². The number of nitrogens with one attached hydrogen (secondary N) is 2. The molecule has 0 fully saturated rings. The second-order valence-electron chi connectivity index (χ2n) is 5.60. The van der Waals surface area contributed by atoms with Gasteiger partial charge in [-0.25, -0.2) is 0 Å². The Morgan fingerprint density at radius 3 is 2.42 bits per heavy atom. The summed E-state index contributed by atoms with van der Waals surface area (Å²) in [5.74, 6) is -1.56. The van der Waals surface area contributed by atoms with Gasteiger partial charge in [0.15, 0.2) is 0 Å². The van der Waals surface area contributed by atoms with E-state index in [0.717, 1.165) is 0 Å². The number of benzene rings is 2. The molecular weight excluding hydrogens is 377 g/mol. The third-order valence-electron chi connectivity index (χ3n) is 3.57. The zero-order chi connectivity index (χ0) is 19.3. The van der Waals surface area contributed by atoms with Crippen LogP contribution < -0.4 is 16.4 Å². The first kappa shape index (κ1) is 19.8. The van der Waals surface area contributed by atoms with E-state index >= 15 is 0 Å². The Kier molecular flexibility index (Phi) is 6.60. The van der Waals surface area contributed by atoms with Crippen molar-refractivity contribution >= 4 is 46.6 Å². The standard InChI is InChI=1S/C18H17Cl2N3O3/c1-10(24)22-15-5-3-2-4-13(15)18(26)23-16(17(21)25)8-11-6-7-12(19)9-14(11)20/h2-7,9,16H,8H2,1H3,(H2,21,25)(H,22,24)(H,23,26)/t16-/m0/s1. The Morgan fingerprint density at radius 2 is 1.81 bits per heavy atom. The molecule has 0 saturated heterocycles. The molecule has 0 aromatic heterocycles. The van der Waals surface area contributed by atoms with Gasteiger partial charge in [0.25, 0.3) is 5.91 Å². The number of anilines is 1. The summed E-state index contributed by atoms with van der Waals surface area (Å²) in [5.41, 5.74) is 6.59. The number of primary amides is 1. The summed E-state index contributed by atoms with van der Waals surface area (Å²) in [6.45, 7) is 1.34. The Bertz CT molecular complexity index is 855. The lowest BCUT2D eigenvalue weighted by Gasteiger charge is -2.18. The highest BCUT2D eigenvalue weighted by molar-refractivity contribution is 6.35. The van der Waals surface area contributed by atoms with Crippen molar-refractivity contribution in [3.05, 3.63) is 63.6 Å². The van der Waals surface area contributed by atoms with Gasteiger partial charge in [-0.1, -0.05) is 41.4 Å². The number of hydrogen-bond acceptors (Lipinski definition) is 3. The molecule has 0 aliphatic rings. The van der Waals surface area contributed by atoms with Crippen LogP contribution >= 0.6 is 23.2 Å². The lowest BCUT2D eigenvalue weighted by atomic mass is 10.0. The summed E-state index contributed by atoms with van der Waals surface area (Å²) in [4.78, 5) is 35.6. The fraction of sp³-hybridized carbons (Fsp3) is 0.167. The van der Waals surface area contributed by atoms with E-state index in [0.29, 0.717) is 21.3 Å².